The molecular weight excluding hydrogens is 414 g/mol. The Labute approximate surface area is 182 Å². The molecule has 8 heteroatoms. The maximum Gasteiger partial charge on any atom is 0.281 e. The van der Waals surface area contributed by atoms with Gasteiger partial charge in [0.15, 0.2) is 11.1 Å². The zero-order chi connectivity index (χ0) is 22.1. The molecule has 1 aliphatic carbocycles. The van der Waals surface area contributed by atoms with Gasteiger partial charge >= 0.3 is 0 Å². The molecule has 6 nitrogen and oxygen atoms in total. The van der Waals surface area contributed by atoms with Crippen molar-refractivity contribution in [2.75, 3.05) is 12.3 Å². The molecule has 32 heavy (non-hydrogen) atoms. The van der Waals surface area contributed by atoms with E-state index in [2.05, 4.69) is 10.3 Å². The number of nitrogen functional groups attached to an aromatic ring is 1. The van der Waals surface area contributed by atoms with Gasteiger partial charge in [0, 0.05) is 23.1 Å². The van der Waals surface area contributed by atoms with Crippen LogP contribution in [0.4, 0.5) is 14.5 Å². The average Bonchev–Trinajstić information content (AvgIpc) is 3.25. The van der Waals surface area contributed by atoms with Gasteiger partial charge in [-0.25, -0.2) is 13.8 Å². The Hall–Kier alpha value is -3.26. The Morgan fingerprint density at radius 1 is 1.16 bits per heavy atom. The number of hydrogen-bond acceptors (Lipinski definition) is 5. The number of fused-ring (bicyclic) bond motifs is 3. The standard InChI is InChI=1S/C24H22F2N4O2/c1-11-13(15-9-17(26)18(27)10-16(15)25)6-7-14-21(11)30(12-4-5-12)24(31)20-22(14)32-23(29-20)19-3-2-8-28-19/h6-7,9-10,12,19,28H,2-5,8,27H2,1H3. The van der Waals surface area contributed by atoms with Crippen LogP contribution in [0, 0.1) is 18.6 Å². The zero-order valence-electron chi connectivity index (χ0n) is 17.5. The van der Waals surface area contributed by atoms with Crippen molar-refractivity contribution in [2.24, 2.45) is 0 Å². The summed E-state index contributed by atoms with van der Waals surface area (Å²) in [5.74, 6) is -0.764. The van der Waals surface area contributed by atoms with Crippen LogP contribution in [0.25, 0.3) is 33.1 Å². The highest BCUT2D eigenvalue weighted by Crippen LogP contribution is 2.41. The van der Waals surface area contributed by atoms with Crippen molar-refractivity contribution in [3.63, 3.8) is 0 Å². The third kappa shape index (κ3) is 2.79. The van der Waals surface area contributed by atoms with E-state index in [0.717, 1.165) is 49.7 Å². The molecule has 3 heterocycles. The van der Waals surface area contributed by atoms with Crippen LogP contribution in [0.1, 0.15) is 49.2 Å². The van der Waals surface area contributed by atoms with E-state index in [9.17, 15) is 13.6 Å². The van der Waals surface area contributed by atoms with Gasteiger partial charge in [-0.3, -0.25) is 4.79 Å². The maximum absolute atomic E-state index is 14.7. The summed E-state index contributed by atoms with van der Waals surface area (Å²) in [5, 5.41) is 4.11. The molecule has 2 aromatic heterocycles. The first-order chi connectivity index (χ1) is 15.4. The van der Waals surface area contributed by atoms with Gasteiger partial charge in [0.1, 0.15) is 11.6 Å². The molecule has 0 bridgehead atoms. The van der Waals surface area contributed by atoms with Crippen LogP contribution >= 0.6 is 0 Å². The average molecular weight is 436 g/mol. The first-order valence-electron chi connectivity index (χ1n) is 10.9. The second-order valence-electron chi connectivity index (χ2n) is 8.77. The molecule has 0 spiro atoms. The number of nitrogens with two attached hydrogens (primary N) is 1. The van der Waals surface area contributed by atoms with E-state index in [1.165, 1.54) is 0 Å². The van der Waals surface area contributed by atoms with Crippen LogP contribution in [0.3, 0.4) is 0 Å². The first-order valence-corrected chi connectivity index (χ1v) is 10.9. The summed E-state index contributed by atoms with van der Waals surface area (Å²) in [5.41, 5.74) is 7.84. The molecule has 2 aliphatic rings. The van der Waals surface area contributed by atoms with Crippen LogP contribution in [0.2, 0.25) is 0 Å². The molecule has 1 atom stereocenters. The minimum absolute atomic E-state index is 0.00144. The minimum Gasteiger partial charge on any atom is -0.438 e. The lowest BCUT2D eigenvalue weighted by molar-refractivity contribution is 0.453. The Balaban J connectivity index is 1.66. The number of oxazole rings is 1. The third-order valence-corrected chi connectivity index (χ3v) is 6.63. The fraction of sp³-hybridized carbons (Fsp3) is 0.333. The van der Waals surface area contributed by atoms with Crippen LogP contribution in [0.5, 0.6) is 0 Å². The SMILES string of the molecule is Cc1c(-c2cc(F)c(N)cc2F)ccc2c3oc(C4CCCN4)nc3c(=O)n(C3CC3)c12. The first kappa shape index (κ1) is 19.4. The van der Waals surface area contributed by atoms with Crippen molar-refractivity contribution in [1.29, 1.82) is 0 Å². The Kier molecular flexibility index (Phi) is 4.17. The predicted octanol–water partition coefficient (Wildman–Crippen LogP) is 4.74. The largest absolute Gasteiger partial charge is 0.438 e. The van der Waals surface area contributed by atoms with Gasteiger partial charge in [0.25, 0.3) is 5.56 Å². The summed E-state index contributed by atoms with van der Waals surface area (Å²) in [6.45, 7) is 2.72. The number of halogens is 2. The lowest BCUT2D eigenvalue weighted by Gasteiger charge is -2.16. The summed E-state index contributed by atoms with van der Waals surface area (Å²) in [4.78, 5) is 18.1. The smallest absolute Gasteiger partial charge is 0.281 e. The van der Waals surface area contributed by atoms with E-state index in [1.54, 1.807) is 10.6 Å². The molecule has 6 rings (SSSR count). The molecule has 0 radical (unpaired) electrons. The Bertz CT molecular complexity index is 1460. The lowest BCUT2D eigenvalue weighted by Crippen LogP contribution is -2.21. The maximum atomic E-state index is 14.7. The van der Waals surface area contributed by atoms with Gasteiger partial charge in [0.2, 0.25) is 5.89 Å². The molecule has 1 aliphatic heterocycles. The van der Waals surface area contributed by atoms with Gasteiger partial charge in [-0.05, 0) is 62.4 Å². The lowest BCUT2D eigenvalue weighted by atomic mass is 9.96. The zero-order valence-corrected chi connectivity index (χ0v) is 17.5. The Morgan fingerprint density at radius 3 is 2.69 bits per heavy atom. The Morgan fingerprint density at radius 2 is 1.97 bits per heavy atom. The van der Waals surface area contributed by atoms with E-state index in [-0.39, 0.29) is 28.9 Å². The number of hydrogen-bond donors (Lipinski definition) is 2. The molecule has 2 aromatic carbocycles. The van der Waals surface area contributed by atoms with Crippen molar-refractivity contribution >= 4 is 27.7 Å². The van der Waals surface area contributed by atoms with E-state index in [4.69, 9.17) is 10.2 Å². The minimum atomic E-state index is -0.681. The molecule has 2 fully saturated rings. The summed E-state index contributed by atoms with van der Waals surface area (Å²) in [6, 6.07) is 5.71. The number of anilines is 1. The van der Waals surface area contributed by atoms with E-state index < -0.39 is 11.6 Å². The summed E-state index contributed by atoms with van der Waals surface area (Å²) in [7, 11) is 0. The monoisotopic (exact) mass is 436 g/mol. The van der Waals surface area contributed by atoms with Crippen LogP contribution in [0.15, 0.2) is 33.5 Å². The molecule has 1 saturated heterocycles. The molecule has 1 unspecified atom stereocenters. The van der Waals surface area contributed by atoms with E-state index in [1.807, 2.05) is 13.0 Å². The molecule has 1 saturated carbocycles. The van der Waals surface area contributed by atoms with Gasteiger partial charge in [-0.2, -0.15) is 0 Å². The fourth-order valence-electron chi connectivity index (χ4n) is 4.86. The third-order valence-electron chi connectivity index (χ3n) is 6.63. The van der Waals surface area contributed by atoms with Gasteiger partial charge < -0.3 is 20.0 Å². The molecule has 4 aromatic rings. The molecule has 164 valence electrons. The second kappa shape index (κ2) is 6.87. The highest BCUT2D eigenvalue weighted by atomic mass is 19.1. The van der Waals surface area contributed by atoms with Gasteiger partial charge in [0.05, 0.1) is 17.2 Å². The van der Waals surface area contributed by atoms with Crippen molar-refractivity contribution in [3.8, 4) is 11.1 Å². The van der Waals surface area contributed by atoms with Gasteiger partial charge in [-0.1, -0.05) is 6.07 Å². The highest BCUT2D eigenvalue weighted by Gasteiger charge is 2.31. The molecular formula is C24H22F2N4O2. The summed E-state index contributed by atoms with van der Waals surface area (Å²) >= 11 is 0. The summed E-state index contributed by atoms with van der Waals surface area (Å²) < 4.78 is 36.8. The van der Waals surface area contributed by atoms with Crippen LogP contribution in [-0.2, 0) is 0 Å². The highest BCUT2D eigenvalue weighted by molar-refractivity contribution is 6.04. The van der Waals surface area contributed by atoms with Crippen molar-refractivity contribution < 1.29 is 13.2 Å². The molecule has 3 N–H and O–H groups in total. The number of rotatable bonds is 3. The topological polar surface area (TPSA) is 86.1 Å². The number of benzene rings is 2. The number of pyridine rings is 1. The predicted molar refractivity (Wildman–Crippen MR) is 119 cm³/mol. The van der Waals surface area contributed by atoms with Crippen molar-refractivity contribution in [1.82, 2.24) is 14.9 Å². The fourth-order valence-corrected chi connectivity index (χ4v) is 4.86. The molecule has 0 amide bonds. The second-order valence-corrected chi connectivity index (χ2v) is 8.77. The number of nitrogens with zero attached hydrogens (tertiary/aromatic N) is 2. The van der Waals surface area contributed by atoms with E-state index >= 15 is 0 Å². The number of aryl methyl sites for hydroxylation is 1. The van der Waals surface area contributed by atoms with Crippen LogP contribution < -0.4 is 16.6 Å². The quantitative estimate of drug-likeness (QED) is 0.453. The van der Waals surface area contributed by atoms with Crippen molar-refractivity contribution in [3.05, 3.63) is 57.7 Å². The van der Waals surface area contributed by atoms with E-state index in [0.29, 0.717) is 33.6 Å². The summed E-state index contributed by atoms with van der Waals surface area (Å²) in [6.07, 6.45) is 3.73. The van der Waals surface area contributed by atoms with Gasteiger partial charge in [-0.15, -0.1) is 0 Å². The van der Waals surface area contributed by atoms with Crippen molar-refractivity contribution in [2.45, 2.75) is 44.7 Å². The normalized spacial score (nSPS) is 18.8. The van der Waals surface area contributed by atoms with Crippen LogP contribution in [-0.4, -0.2) is 16.1 Å². The number of nitrogens with one attached hydrogen (secondary N) is 1. The number of aromatic nitrogens is 2.